The highest BCUT2D eigenvalue weighted by Crippen LogP contribution is 2.23. The molecule has 0 fully saturated rings. The summed E-state index contributed by atoms with van der Waals surface area (Å²) in [4.78, 5) is 29.6. The molecular formula is C33H36N4O4. The number of nitrogens with one attached hydrogen (secondary N) is 2. The lowest BCUT2D eigenvalue weighted by Crippen LogP contribution is -2.51. The van der Waals surface area contributed by atoms with E-state index in [0.29, 0.717) is 25.0 Å². The minimum Gasteiger partial charge on any atom is -0.496 e. The van der Waals surface area contributed by atoms with E-state index in [9.17, 15) is 9.59 Å². The highest BCUT2D eigenvalue weighted by molar-refractivity contribution is 5.87. The third-order valence-electron chi connectivity index (χ3n) is 7.16. The number of ketones is 1. The second kappa shape index (κ2) is 14.7. The smallest absolute Gasteiger partial charge is 0.221 e. The van der Waals surface area contributed by atoms with Crippen LogP contribution in [0.5, 0.6) is 11.5 Å². The molecule has 0 spiro atoms. The van der Waals surface area contributed by atoms with E-state index in [1.807, 2.05) is 79.0 Å². The van der Waals surface area contributed by atoms with E-state index in [1.165, 1.54) is 0 Å². The highest BCUT2D eigenvalue weighted by atomic mass is 16.5. The second-order valence-electron chi connectivity index (χ2n) is 9.99. The van der Waals surface area contributed by atoms with Crippen LogP contribution in [0.2, 0.25) is 0 Å². The van der Waals surface area contributed by atoms with Crippen molar-refractivity contribution >= 4 is 22.6 Å². The summed E-state index contributed by atoms with van der Waals surface area (Å²) in [6.45, 7) is -0.175. The third-order valence-corrected chi connectivity index (χ3v) is 7.16. The van der Waals surface area contributed by atoms with Gasteiger partial charge in [0.25, 0.3) is 0 Å². The Bertz CT molecular complexity index is 1490. The standard InChI is InChI=1S/C33H36N4O4/c1-40-31-12-5-2-9-24(31)15-18-32(39)37-33(35)28(20-25-21-36-29-11-4-3-10-27(25)29)30(38)22-41-26-16-13-23(14-17-26)8-6-7-19-34/h2-5,9-14,16-17,21,28,33,36H,6-8,15,18,20,22,35H2,1H3,(H,37,39). The highest BCUT2D eigenvalue weighted by Gasteiger charge is 2.28. The molecule has 0 aliphatic heterocycles. The first-order chi connectivity index (χ1) is 20.0. The number of Topliss-reactive ketones (excluding diaryl/α,β-unsaturated/α-hetero) is 1. The first kappa shape index (κ1) is 29.4. The van der Waals surface area contributed by atoms with Crippen molar-refractivity contribution in [1.29, 1.82) is 5.26 Å². The first-order valence-electron chi connectivity index (χ1n) is 13.8. The lowest BCUT2D eigenvalue weighted by molar-refractivity contribution is -0.127. The quantitative estimate of drug-likeness (QED) is 0.143. The Morgan fingerprint density at radius 1 is 1.00 bits per heavy atom. The Morgan fingerprint density at radius 3 is 2.54 bits per heavy atom. The third kappa shape index (κ3) is 8.19. The zero-order valence-electron chi connectivity index (χ0n) is 23.3. The molecule has 0 aliphatic carbocycles. The number of hydrogen-bond donors (Lipinski definition) is 3. The van der Waals surface area contributed by atoms with Gasteiger partial charge in [0.15, 0.2) is 5.78 Å². The number of H-pyrrole nitrogens is 1. The molecule has 0 aliphatic rings. The van der Waals surface area contributed by atoms with E-state index in [1.54, 1.807) is 7.11 Å². The van der Waals surface area contributed by atoms with E-state index >= 15 is 0 Å². The summed E-state index contributed by atoms with van der Waals surface area (Å²) in [5, 5.41) is 12.6. The lowest BCUT2D eigenvalue weighted by atomic mass is 9.92. The van der Waals surface area contributed by atoms with Gasteiger partial charge in [-0.3, -0.25) is 9.59 Å². The molecule has 0 radical (unpaired) electrons. The molecule has 8 heteroatoms. The Kier molecular flexibility index (Phi) is 10.5. The lowest BCUT2D eigenvalue weighted by Gasteiger charge is -2.24. The van der Waals surface area contributed by atoms with Crippen LogP contribution in [0.3, 0.4) is 0 Å². The molecule has 4 N–H and O–H groups in total. The maximum atomic E-state index is 13.5. The number of aromatic amines is 1. The summed E-state index contributed by atoms with van der Waals surface area (Å²) in [6, 6.07) is 25.1. The van der Waals surface area contributed by atoms with Crippen molar-refractivity contribution in [1.82, 2.24) is 10.3 Å². The number of nitriles is 1. The molecule has 1 amide bonds. The van der Waals surface area contributed by atoms with Crippen LogP contribution in [0.1, 0.15) is 36.0 Å². The number of amides is 1. The maximum Gasteiger partial charge on any atom is 0.221 e. The predicted molar refractivity (Wildman–Crippen MR) is 158 cm³/mol. The normalized spacial score (nSPS) is 12.3. The number of rotatable bonds is 15. The number of nitrogens with zero attached hydrogens (tertiary/aromatic N) is 1. The van der Waals surface area contributed by atoms with Crippen LogP contribution in [-0.2, 0) is 28.9 Å². The van der Waals surface area contributed by atoms with Crippen LogP contribution >= 0.6 is 0 Å². The van der Waals surface area contributed by atoms with Crippen LogP contribution in [0, 0.1) is 17.2 Å². The van der Waals surface area contributed by atoms with Crippen molar-refractivity contribution in [3.05, 3.63) is 95.7 Å². The van der Waals surface area contributed by atoms with Crippen LogP contribution in [-0.4, -0.2) is 36.6 Å². The zero-order chi connectivity index (χ0) is 29.0. The molecule has 212 valence electrons. The van der Waals surface area contributed by atoms with Crippen LogP contribution < -0.4 is 20.5 Å². The van der Waals surface area contributed by atoms with Crippen LogP contribution in [0.15, 0.2) is 79.0 Å². The number of aryl methyl sites for hydroxylation is 2. The van der Waals surface area contributed by atoms with E-state index in [2.05, 4.69) is 16.4 Å². The molecule has 8 nitrogen and oxygen atoms in total. The largest absolute Gasteiger partial charge is 0.496 e. The molecule has 0 saturated carbocycles. The molecule has 3 aromatic carbocycles. The molecule has 1 aromatic heterocycles. The summed E-state index contributed by atoms with van der Waals surface area (Å²) >= 11 is 0. The number of fused-ring (bicyclic) bond motifs is 1. The van der Waals surface area contributed by atoms with Crippen molar-refractivity contribution in [2.75, 3.05) is 13.7 Å². The molecule has 2 atom stereocenters. The Morgan fingerprint density at radius 2 is 1.76 bits per heavy atom. The molecule has 2 unspecified atom stereocenters. The summed E-state index contributed by atoms with van der Waals surface area (Å²) < 4.78 is 11.2. The summed E-state index contributed by atoms with van der Waals surface area (Å²) in [5.74, 6) is 0.153. The molecule has 0 bridgehead atoms. The average Bonchev–Trinajstić information content (AvgIpc) is 3.41. The van der Waals surface area contributed by atoms with Gasteiger partial charge in [0.05, 0.1) is 25.3 Å². The molecule has 1 heterocycles. The number of nitrogens with two attached hydrogens (primary N) is 1. The number of carbonyl (C=O) groups excluding carboxylic acids is 2. The predicted octanol–water partition coefficient (Wildman–Crippen LogP) is 4.86. The van der Waals surface area contributed by atoms with Gasteiger partial charge in [-0.25, -0.2) is 0 Å². The average molecular weight is 553 g/mol. The second-order valence-corrected chi connectivity index (χ2v) is 9.99. The van der Waals surface area contributed by atoms with Crippen LogP contribution in [0.4, 0.5) is 0 Å². The molecule has 4 rings (SSSR count). The van der Waals surface area contributed by atoms with Gasteiger partial charge in [-0.2, -0.15) is 5.26 Å². The van der Waals surface area contributed by atoms with Crippen molar-refractivity contribution in [2.45, 2.75) is 44.7 Å². The fraction of sp³-hybridized carbons (Fsp3) is 0.303. The fourth-order valence-electron chi connectivity index (χ4n) is 4.88. The summed E-state index contributed by atoms with van der Waals surface area (Å²) in [5.41, 5.74) is 10.4. The number of methoxy groups -OCH3 is 1. The van der Waals surface area contributed by atoms with E-state index < -0.39 is 12.1 Å². The Balaban J connectivity index is 1.42. The Hall–Kier alpha value is -4.61. The van der Waals surface area contributed by atoms with Crippen LogP contribution in [0.25, 0.3) is 10.9 Å². The van der Waals surface area contributed by atoms with Crippen molar-refractivity contribution in [3.8, 4) is 17.6 Å². The zero-order valence-corrected chi connectivity index (χ0v) is 23.3. The van der Waals surface area contributed by atoms with E-state index in [0.717, 1.165) is 46.2 Å². The molecule has 4 aromatic rings. The van der Waals surface area contributed by atoms with E-state index in [4.69, 9.17) is 20.5 Å². The van der Waals surface area contributed by atoms with Gasteiger partial charge in [-0.05, 0) is 66.6 Å². The topological polar surface area (TPSA) is 130 Å². The van der Waals surface area contributed by atoms with Gasteiger partial charge in [-0.15, -0.1) is 0 Å². The number of para-hydroxylation sites is 2. The maximum absolute atomic E-state index is 13.5. The van der Waals surface area contributed by atoms with Gasteiger partial charge >= 0.3 is 0 Å². The van der Waals surface area contributed by atoms with Crippen molar-refractivity contribution in [3.63, 3.8) is 0 Å². The van der Waals surface area contributed by atoms with Gasteiger partial charge in [-0.1, -0.05) is 48.5 Å². The molecule has 41 heavy (non-hydrogen) atoms. The van der Waals surface area contributed by atoms with Gasteiger partial charge in [0.2, 0.25) is 5.91 Å². The van der Waals surface area contributed by atoms with Gasteiger partial charge in [0, 0.05) is 29.9 Å². The fourth-order valence-corrected chi connectivity index (χ4v) is 4.88. The van der Waals surface area contributed by atoms with Crippen molar-refractivity contribution < 1.29 is 19.1 Å². The first-order valence-corrected chi connectivity index (χ1v) is 13.8. The van der Waals surface area contributed by atoms with Gasteiger partial charge in [0.1, 0.15) is 18.1 Å². The van der Waals surface area contributed by atoms with Crippen molar-refractivity contribution in [2.24, 2.45) is 11.7 Å². The number of carbonyl (C=O) groups is 2. The summed E-state index contributed by atoms with van der Waals surface area (Å²) in [7, 11) is 1.60. The Labute approximate surface area is 240 Å². The molecular weight excluding hydrogens is 516 g/mol. The number of aromatic nitrogens is 1. The number of unbranched alkanes of at least 4 members (excludes halogenated alkanes) is 1. The monoisotopic (exact) mass is 552 g/mol. The summed E-state index contributed by atoms with van der Waals surface area (Å²) in [6.07, 6.45) is 4.15. The number of hydrogen-bond acceptors (Lipinski definition) is 6. The minimum atomic E-state index is -0.896. The molecule has 0 saturated heterocycles. The minimum absolute atomic E-state index is 0.175. The number of benzene rings is 3. The SMILES string of the molecule is COc1ccccc1CCC(=O)NC(N)C(Cc1c[nH]c2ccccc12)C(=O)COc1ccc(CCCC#N)cc1. The van der Waals surface area contributed by atoms with Gasteiger partial charge < -0.3 is 25.5 Å². The number of ether oxygens (including phenoxy) is 2. The van der Waals surface area contributed by atoms with E-state index in [-0.39, 0.29) is 24.7 Å².